The number of nitrogens with one attached hydrogen (secondary N) is 1. The second-order valence-corrected chi connectivity index (χ2v) is 9.90. The number of ether oxygens (including phenoxy) is 2. The molecule has 3 aromatic rings. The summed E-state index contributed by atoms with van der Waals surface area (Å²) in [4.78, 5) is 40.5. The third kappa shape index (κ3) is 5.24. The number of β-lactam (4-membered cyclic amide) rings is 1. The maximum atomic E-state index is 13.5. The van der Waals surface area contributed by atoms with Crippen molar-refractivity contribution in [2.75, 3.05) is 12.4 Å². The number of hydrogen-bond donors (Lipinski definition) is 1. The second-order valence-electron chi connectivity index (χ2n) is 8.79. The van der Waals surface area contributed by atoms with Crippen LogP contribution in [0.4, 0.5) is 0 Å². The van der Waals surface area contributed by atoms with E-state index in [1.165, 1.54) is 16.7 Å². The Kier molecular flexibility index (Phi) is 7.28. The van der Waals surface area contributed by atoms with Crippen LogP contribution in [0.5, 0.6) is 5.75 Å². The van der Waals surface area contributed by atoms with E-state index in [9.17, 15) is 14.4 Å². The van der Waals surface area contributed by atoms with Crippen LogP contribution >= 0.6 is 11.8 Å². The third-order valence-corrected chi connectivity index (χ3v) is 7.65. The van der Waals surface area contributed by atoms with E-state index in [-0.39, 0.29) is 17.9 Å². The van der Waals surface area contributed by atoms with Crippen molar-refractivity contribution in [3.8, 4) is 5.75 Å². The van der Waals surface area contributed by atoms with Crippen LogP contribution in [-0.2, 0) is 19.1 Å². The Bertz CT molecular complexity index is 1250. The minimum absolute atomic E-state index is 0.209. The lowest BCUT2D eigenvalue weighted by atomic mass is 9.97. The molecule has 5 rings (SSSR count). The van der Waals surface area contributed by atoms with Gasteiger partial charge in [-0.25, -0.2) is 4.79 Å². The molecule has 7 nitrogen and oxygen atoms in total. The van der Waals surface area contributed by atoms with Gasteiger partial charge >= 0.3 is 5.97 Å². The first-order chi connectivity index (χ1) is 18.0. The number of nitrogens with zero attached hydrogens (tertiary/aromatic N) is 1. The van der Waals surface area contributed by atoms with Gasteiger partial charge in [0.15, 0.2) is 18.8 Å². The molecule has 2 heterocycles. The van der Waals surface area contributed by atoms with Gasteiger partial charge in [-0.15, -0.1) is 11.8 Å². The van der Waals surface area contributed by atoms with E-state index in [4.69, 9.17) is 9.47 Å². The van der Waals surface area contributed by atoms with Gasteiger partial charge in [0.1, 0.15) is 17.2 Å². The van der Waals surface area contributed by atoms with Crippen molar-refractivity contribution in [1.82, 2.24) is 10.2 Å². The molecular weight excluding hydrogens is 488 g/mol. The number of hydrogen-bond acceptors (Lipinski definition) is 6. The molecule has 0 unspecified atom stereocenters. The molecule has 0 aromatic heterocycles. The first-order valence-electron chi connectivity index (χ1n) is 11.9. The van der Waals surface area contributed by atoms with E-state index in [0.717, 1.165) is 11.1 Å². The summed E-state index contributed by atoms with van der Waals surface area (Å²) < 4.78 is 11.5. The van der Waals surface area contributed by atoms with Gasteiger partial charge in [0.05, 0.1) is 0 Å². The summed E-state index contributed by atoms with van der Waals surface area (Å²) >= 11 is 1.46. The first kappa shape index (κ1) is 24.6. The highest BCUT2D eigenvalue weighted by Crippen LogP contribution is 2.41. The summed E-state index contributed by atoms with van der Waals surface area (Å²) in [7, 11) is 0. The molecule has 8 heteroatoms. The van der Waals surface area contributed by atoms with Gasteiger partial charge in [0.25, 0.3) is 5.91 Å². The minimum atomic E-state index is -0.914. The highest BCUT2D eigenvalue weighted by molar-refractivity contribution is 8.00. The monoisotopic (exact) mass is 514 g/mol. The van der Waals surface area contributed by atoms with Crippen molar-refractivity contribution in [1.29, 1.82) is 0 Å². The Morgan fingerprint density at radius 2 is 1.51 bits per heavy atom. The van der Waals surface area contributed by atoms with Crippen LogP contribution in [-0.4, -0.2) is 52.5 Å². The minimum Gasteiger partial charge on any atom is -0.484 e. The SMILES string of the molecule is C=C1CS[C@@H]2[C@H](NC(=O)COc3ccccc3)C(=O)N2[C@H]1C(=O)OC(c1ccccc1)c1ccccc1. The third-order valence-electron chi connectivity index (χ3n) is 6.28. The van der Waals surface area contributed by atoms with E-state index >= 15 is 0 Å². The van der Waals surface area contributed by atoms with Crippen LogP contribution in [0.25, 0.3) is 0 Å². The van der Waals surface area contributed by atoms with Gasteiger partial charge in [0.2, 0.25) is 5.91 Å². The Hall–Kier alpha value is -4.04. The zero-order valence-electron chi connectivity index (χ0n) is 20.0. The number of esters is 1. The molecule has 3 atom stereocenters. The first-order valence-corrected chi connectivity index (χ1v) is 13.0. The summed E-state index contributed by atoms with van der Waals surface area (Å²) in [5.41, 5.74) is 2.25. The normalized spacial score (nSPS) is 20.6. The molecule has 0 bridgehead atoms. The van der Waals surface area contributed by atoms with Crippen LogP contribution in [0.1, 0.15) is 17.2 Å². The van der Waals surface area contributed by atoms with Gasteiger partial charge < -0.3 is 19.7 Å². The Balaban J connectivity index is 1.27. The summed E-state index contributed by atoms with van der Waals surface area (Å²) in [6.07, 6.45) is -0.627. The van der Waals surface area contributed by atoms with Crippen molar-refractivity contribution in [2.24, 2.45) is 0 Å². The summed E-state index contributed by atoms with van der Waals surface area (Å²) in [6, 6.07) is 26.3. The Morgan fingerprint density at radius 3 is 2.11 bits per heavy atom. The van der Waals surface area contributed by atoms with Crippen LogP contribution in [0.15, 0.2) is 103 Å². The number of para-hydroxylation sites is 1. The molecule has 0 saturated carbocycles. The average Bonchev–Trinajstić information content (AvgIpc) is 2.94. The van der Waals surface area contributed by atoms with E-state index in [2.05, 4.69) is 11.9 Å². The summed E-state index contributed by atoms with van der Waals surface area (Å²) in [5, 5.41) is 2.36. The molecule has 2 aliphatic heterocycles. The number of carbonyl (C=O) groups is 3. The fourth-order valence-corrected chi connectivity index (χ4v) is 5.77. The lowest BCUT2D eigenvalue weighted by Crippen LogP contribution is -2.75. The molecule has 0 aliphatic carbocycles. The van der Waals surface area contributed by atoms with E-state index in [0.29, 0.717) is 17.1 Å². The molecule has 2 fully saturated rings. The summed E-state index contributed by atoms with van der Waals surface area (Å²) in [5.74, 6) is -0.249. The van der Waals surface area contributed by atoms with E-state index in [1.807, 2.05) is 78.9 Å². The van der Waals surface area contributed by atoms with Gasteiger partial charge in [0, 0.05) is 5.75 Å². The molecule has 2 aliphatic rings. The number of benzene rings is 3. The zero-order chi connectivity index (χ0) is 25.8. The maximum absolute atomic E-state index is 13.5. The predicted octanol–water partition coefficient (Wildman–Crippen LogP) is 3.72. The van der Waals surface area contributed by atoms with Crippen molar-refractivity contribution in [3.05, 3.63) is 114 Å². The number of amides is 2. The van der Waals surface area contributed by atoms with Crippen molar-refractivity contribution < 1.29 is 23.9 Å². The largest absolute Gasteiger partial charge is 0.484 e. The van der Waals surface area contributed by atoms with Crippen molar-refractivity contribution in [2.45, 2.75) is 23.6 Å². The zero-order valence-corrected chi connectivity index (χ0v) is 20.8. The van der Waals surface area contributed by atoms with Gasteiger partial charge in [-0.3, -0.25) is 9.59 Å². The molecule has 2 saturated heterocycles. The quantitative estimate of drug-likeness (QED) is 0.280. The lowest BCUT2D eigenvalue weighted by Gasteiger charge is -2.52. The second kappa shape index (κ2) is 10.9. The number of fused-ring (bicyclic) bond motifs is 1. The topological polar surface area (TPSA) is 84.9 Å². The Labute approximate surface area is 219 Å². The number of thioether (sulfide) groups is 1. The standard InChI is InChI=1S/C29H26N2O5S/c1-19-18-37-28-24(30-23(32)17-35-22-15-9-4-10-16-22)27(33)31(28)25(19)29(34)36-26(20-11-5-2-6-12-20)21-13-7-3-8-14-21/h2-16,24-26,28H,1,17-18H2,(H,30,32)/t24-,25-,28-/m1/s1. The van der Waals surface area contributed by atoms with Crippen LogP contribution in [0.3, 0.4) is 0 Å². The molecule has 0 radical (unpaired) electrons. The molecule has 188 valence electrons. The van der Waals surface area contributed by atoms with Crippen molar-refractivity contribution >= 4 is 29.5 Å². The number of carbonyl (C=O) groups excluding carboxylic acids is 3. The molecular formula is C29H26N2O5S. The highest BCUT2D eigenvalue weighted by atomic mass is 32.2. The Morgan fingerprint density at radius 1 is 0.946 bits per heavy atom. The van der Waals surface area contributed by atoms with Gasteiger partial charge in [-0.05, 0) is 28.8 Å². The highest BCUT2D eigenvalue weighted by Gasteiger charge is 2.56. The molecule has 37 heavy (non-hydrogen) atoms. The lowest BCUT2D eigenvalue weighted by molar-refractivity contribution is -0.165. The van der Waals surface area contributed by atoms with E-state index < -0.39 is 30.1 Å². The molecule has 2 amide bonds. The molecule has 1 N–H and O–H groups in total. The van der Waals surface area contributed by atoms with Gasteiger partial charge in [-0.2, -0.15) is 0 Å². The maximum Gasteiger partial charge on any atom is 0.334 e. The smallest absolute Gasteiger partial charge is 0.334 e. The summed E-state index contributed by atoms with van der Waals surface area (Å²) in [6.45, 7) is 3.84. The van der Waals surface area contributed by atoms with Crippen LogP contribution in [0, 0.1) is 0 Å². The fourth-order valence-electron chi connectivity index (χ4n) is 4.46. The van der Waals surface area contributed by atoms with Gasteiger partial charge in [-0.1, -0.05) is 85.4 Å². The fraction of sp³-hybridized carbons (Fsp3) is 0.207. The van der Waals surface area contributed by atoms with Crippen LogP contribution < -0.4 is 10.1 Å². The number of rotatable bonds is 8. The predicted molar refractivity (Wildman–Crippen MR) is 141 cm³/mol. The molecule has 3 aromatic carbocycles. The van der Waals surface area contributed by atoms with Crippen LogP contribution in [0.2, 0.25) is 0 Å². The van der Waals surface area contributed by atoms with E-state index in [1.54, 1.807) is 12.1 Å². The molecule has 0 spiro atoms. The van der Waals surface area contributed by atoms with Crippen molar-refractivity contribution in [3.63, 3.8) is 0 Å². The average molecular weight is 515 g/mol.